The fourth-order valence-corrected chi connectivity index (χ4v) is 2.63. The first kappa shape index (κ1) is 12.0. The smallest absolute Gasteiger partial charge is 0.322 e. The Morgan fingerprint density at radius 1 is 0.875 bits per heavy atom. The molecule has 2 heterocycles. The highest BCUT2D eigenvalue weighted by Crippen LogP contribution is 2.17. The normalized spacial score (nSPS) is 23.2. The lowest BCUT2D eigenvalue weighted by atomic mass is 10.1. The van der Waals surface area contributed by atoms with Gasteiger partial charge in [0.05, 0.1) is 0 Å². The monoisotopic (exact) mass is 245 g/mol. The highest BCUT2D eigenvalue weighted by atomic mass is 35.5. The average Bonchev–Trinajstić information content (AvgIpc) is 2.39. The van der Waals surface area contributed by atoms with E-state index in [1.54, 1.807) is 0 Å². The zero-order valence-electron chi connectivity index (χ0n) is 9.70. The van der Waals surface area contributed by atoms with Crippen molar-refractivity contribution in [1.29, 1.82) is 0 Å². The molecule has 2 saturated heterocycles. The predicted octanol–water partition coefficient (Wildman–Crippen LogP) is 2.45. The fraction of sp³-hybridized carbons (Fsp3) is 0.909. The number of hydrogen-bond acceptors (Lipinski definition) is 2. The maximum Gasteiger partial charge on any atom is 0.349 e. The zero-order valence-corrected chi connectivity index (χ0v) is 10.5. The highest BCUT2D eigenvalue weighted by Gasteiger charge is 2.26. The van der Waals surface area contributed by atoms with Crippen molar-refractivity contribution in [2.45, 2.75) is 38.5 Å². The first-order valence-electron chi connectivity index (χ1n) is 6.29. The summed E-state index contributed by atoms with van der Waals surface area (Å²) in [6, 6.07) is -0.0386. The van der Waals surface area contributed by atoms with Crippen molar-refractivity contribution in [3.8, 4) is 0 Å². The first-order chi connectivity index (χ1) is 7.79. The number of likely N-dealkylation sites (tertiary alicyclic amines) is 1. The van der Waals surface area contributed by atoms with E-state index in [-0.39, 0.29) is 6.03 Å². The van der Waals surface area contributed by atoms with E-state index in [4.69, 9.17) is 11.8 Å². The topological polar surface area (TPSA) is 26.8 Å². The van der Waals surface area contributed by atoms with E-state index in [9.17, 15) is 4.79 Å². The Bertz CT molecular complexity index is 237. The van der Waals surface area contributed by atoms with Crippen molar-refractivity contribution in [3.05, 3.63) is 0 Å². The van der Waals surface area contributed by atoms with Crippen LogP contribution in [0.3, 0.4) is 0 Å². The standard InChI is InChI=1S/C11H20ClN3O/c12-15(14-9-5-2-6-10-14)11(16)13-7-3-1-4-8-13/h1-10H2. The molecule has 0 radical (unpaired) electrons. The summed E-state index contributed by atoms with van der Waals surface area (Å²) in [5.74, 6) is 0. The molecule has 0 aromatic carbocycles. The lowest BCUT2D eigenvalue weighted by molar-refractivity contribution is 0.0467. The van der Waals surface area contributed by atoms with Gasteiger partial charge in [0.2, 0.25) is 0 Å². The van der Waals surface area contributed by atoms with Gasteiger partial charge in [0.1, 0.15) is 0 Å². The SMILES string of the molecule is O=C(N1CCCCC1)N(Cl)N1CCCCC1. The third-order valence-corrected chi connectivity index (χ3v) is 3.72. The van der Waals surface area contributed by atoms with Crippen molar-refractivity contribution in [3.63, 3.8) is 0 Å². The Morgan fingerprint density at radius 2 is 1.38 bits per heavy atom. The van der Waals surface area contributed by atoms with Crippen LogP contribution in [-0.2, 0) is 0 Å². The van der Waals surface area contributed by atoms with Crippen LogP contribution >= 0.6 is 11.8 Å². The zero-order chi connectivity index (χ0) is 11.4. The number of carbonyl (C=O) groups excluding carboxylic acids is 1. The number of halogens is 1. The van der Waals surface area contributed by atoms with Crippen LogP contribution < -0.4 is 0 Å². The molecule has 5 heteroatoms. The van der Waals surface area contributed by atoms with Crippen LogP contribution in [0.4, 0.5) is 4.79 Å². The Labute approximate surface area is 102 Å². The van der Waals surface area contributed by atoms with Crippen molar-refractivity contribution < 1.29 is 4.79 Å². The summed E-state index contributed by atoms with van der Waals surface area (Å²) in [7, 11) is 0. The van der Waals surface area contributed by atoms with E-state index >= 15 is 0 Å². The van der Waals surface area contributed by atoms with E-state index < -0.39 is 0 Å². The van der Waals surface area contributed by atoms with Crippen LogP contribution in [0, 0.1) is 0 Å². The van der Waals surface area contributed by atoms with Gasteiger partial charge in [0, 0.05) is 38.0 Å². The molecule has 2 amide bonds. The molecule has 0 aromatic heterocycles. The molecule has 4 nitrogen and oxygen atoms in total. The number of carbonyl (C=O) groups is 1. The molecule has 2 fully saturated rings. The fourth-order valence-electron chi connectivity index (χ4n) is 2.38. The van der Waals surface area contributed by atoms with Gasteiger partial charge >= 0.3 is 6.03 Å². The molecule has 0 aromatic rings. The van der Waals surface area contributed by atoms with Gasteiger partial charge in [-0.2, -0.15) is 4.53 Å². The molecular formula is C11H20ClN3O. The van der Waals surface area contributed by atoms with Crippen molar-refractivity contribution in [2.75, 3.05) is 26.2 Å². The maximum absolute atomic E-state index is 12.1. The van der Waals surface area contributed by atoms with Crippen molar-refractivity contribution >= 4 is 17.8 Å². The molecule has 0 saturated carbocycles. The molecule has 92 valence electrons. The minimum atomic E-state index is -0.0386. The Hall–Kier alpha value is -0.480. The lowest BCUT2D eigenvalue weighted by Gasteiger charge is -2.36. The number of urea groups is 1. The number of hydrogen-bond donors (Lipinski definition) is 0. The van der Waals surface area contributed by atoms with Gasteiger partial charge in [-0.3, -0.25) is 0 Å². The van der Waals surface area contributed by atoms with Gasteiger partial charge in [-0.1, -0.05) is 6.42 Å². The van der Waals surface area contributed by atoms with Gasteiger partial charge in [-0.15, -0.1) is 0 Å². The molecule has 0 N–H and O–H groups in total. The van der Waals surface area contributed by atoms with Crippen molar-refractivity contribution in [2.24, 2.45) is 0 Å². The van der Waals surface area contributed by atoms with Gasteiger partial charge in [-0.05, 0) is 32.1 Å². The molecule has 2 aliphatic heterocycles. The highest BCUT2D eigenvalue weighted by molar-refractivity contribution is 6.20. The lowest BCUT2D eigenvalue weighted by Crippen LogP contribution is -2.50. The quantitative estimate of drug-likeness (QED) is 0.664. The van der Waals surface area contributed by atoms with Crippen LogP contribution in [0.2, 0.25) is 0 Å². The summed E-state index contributed by atoms with van der Waals surface area (Å²) in [6.07, 6.45) is 6.97. The molecule has 2 aliphatic rings. The van der Waals surface area contributed by atoms with Gasteiger partial charge < -0.3 is 4.90 Å². The van der Waals surface area contributed by atoms with Crippen LogP contribution in [-0.4, -0.2) is 46.6 Å². The molecule has 0 bridgehead atoms. The molecule has 16 heavy (non-hydrogen) atoms. The van der Waals surface area contributed by atoms with Gasteiger partial charge in [0.25, 0.3) is 0 Å². The number of amides is 2. The van der Waals surface area contributed by atoms with Gasteiger partial charge in [-0.25, -0.2) is 9.80 Å². The van der Waals surface area contributed by atoms with E-state index in [2.05, 4.69) is 0 Å². The Morgan fingerprint density at radius 3 is 1.94 bits per heavy atom. The number of hydrazine groups is 1. The van der Waals surface area contributed by atoms with Crippen LogP contribution in [0.15, 0.2) is 0 Å². The molecule has 0 aliphatic carbocycles. The summed E-state index contributed by atoms with van der Waals surface area (Å²) >= 11 is 6.11. The Kier molecular flexibility index (Phi) is 4.29. The second-order valence-electron chi connectivity index (χ2n) is 4.60. The summed E-state index contributed by atoms with van der Waals surface area (Å²) in [6.45, 7) is 3.53. The molecular weight excluding hydrogens is 226 g/mol. The molecule has 2 rings (SSSR count). The summed E-state index contributed by atoms with van der Waals surface area (Å²) in [5, 5.41) is 1.96. The Balaban J connectivity index is 1.86. The van der Waals surface area contributed by atoms with E-state index in [0.29, 0.717) is 0 Å². The van der Waals surface area contributed by atoms with E-state index in [0.717, 1.165) is 51.9 Å². The first-order valence-corrected chi connectivity index (χ1v) is 6.62. The number of rotatable bonds is 1. The van der Waals surface area contributed by atoms with Crippen molar-refractivity contribution in [1.82, 2.24) is 14.4 Å². The number of nitrogens with zero attached hydrogens (tertiary/aromatic N) is 3. The largest absolute Gasteiger partial charge is 0.349 e. The summed E-state index contributed by atoms with van der Waals surface area (Å²) in [4.78, 5) is 13.9. The molecule has 0 spiro atoms. The molecule has 0 unspecified atom stereocenters. The van der Waals surface area contributed by atoms with E-state index in [1.165, 1.54) is 17.4 Å². The van der Waals surface area contributed by atoms with E-state index in [1.807, 2.05) is 9.91 Å². The minimum Gasteiger partial charge on any atom is -0.322 e. The predicted molar refractivity (Wildman–Crippen MR) is 63.9 cm³/mol. The third kappa shape index (κ3) is 2.80. The average molecular weight is 246 g/mol. The second-order valence-corrected chi connectivity index (χ2v) is 4.92. The third-order valence-electron chi connectivity index (χ3n) is 3.37. The van der Waals surface area contributed by atoms with Crippen LogP contribution in [0.5, 0.6) is 0 Å². The molecule has 0 atom stereocenters. The number of piperidine rings is 2. The van der Waals surface area contributed by atoms with Crippen LogP contribution in [0.25, 0.3) is 0 Å². The second kappa shape index (κ2) is 5.73. The van der Waals surface area contributed by atoms with Crippen LogP contribution in [0.1, 0.15) is 38.5 Å². The summed E-state index contributed by atoms with van der Waals surface area (Å²) < 4.78 is 1.31. The minimum absolute atomic E-state index is 0.0386. The maximum atomic E-state index is 12.1. The van der Waals surface area contributed by atoms with Gasteiger partial charge in [0.15, 0.2) is 0 Å². The summed E-state index contributed by atoms with van der Waals surface area (Å²) in [5.41, 5.74) is 0.